The van der Waals surface area contributed by atoms with Crippen LogP contribution in [0.3, 0.4) is 0 Å². The van der Waals surface area contributed by atoms with E-state index in [1.165, 1.54) is 5.57 Å². The standard InChI is InChI=1S/C14H22OSi/c1-12(11-16(2,3)4)10-14(15)13-8-6-5-7-9-13/h5-9,14-15H,1,10-11H2,2-4H3. The van der Waals surface area contributed by atoms with E-state index in [0.29, 0.717) is 6.42 Å². The maximum Gasteiger partial charge on any atom is 0.0826 e. The van der Waals surface area contributed by atoms with E-state index in [9.17, 15) is 5.11 Å². The predicted molar refractivity (Wildman–Crippen MR) is 73.3 cm³/mol. The van der Waals surface area contributed by atoms with E-state index < -0.39 is 14.2 Å². The van der Waals surface area contributed by atoms with Crippen molar-refractivity contribution in [3.63, 3.8) is 0 Å². The van der Waals surface area contributed by atoms with Crippen molar-refractivity contribution < 1.29 is 5.11 Å². The largest absolute Gasteiger partial charge is 0.388 e. The van der Waals surface area contributed by atoms with Gasteiger partial charge in [0, 0.05) is 8.07 Å². The second kappa shape index (κ2) is 5.46. The number of hydrogen-bond acceptors (Lipinski definition) is 1. The molecule has 0 aliphatic carbocycles. The Hall–Kier alpha value is -0.863. The van der Waals surface area contributed by atoms with Gasteiger partial charge in [-0.2, -0.15) is 0 Å². The van der Waals surface area contributed by atoms with Gasteiger partial charge in [-0.25, -0.2) is 0 Å². The minimum absolute atomic E-state index is 0.398. The normalized spacial score (nSPS) is 13.5. The molecule has 0 saturated carbocycles. The minimum atomic E-state index is -1.10. The zero-order chi connectivity index (χ0) is 12.2. The van der Waals surface area contributed by atoms with Crippen LogP contribution in [0.25, 0.3) is 0 Å². The number of rotatable bonds is 5. The van der Waals surface area contributed by atoms with E-state index in [4.69, 9.17) is 0 Å². The van der Waals surface area contributed by atoms with Crippen LogP contribution < -0.4 is 0 Å². The van der Waals surface area contributed by atoms with Crippen LogP contribution in [0.2, 0.25) is 25.7 Å². The second-order valence-corrected chi connectivity index (χ2v) is 11.1. The van der Waals surface area contributed by atoms with E-state index >= 15 is 0 Å². The molecule has 1 unspecified atom stereocenters. The highest BCUT2D eigenvalue weighted by molar-refractivity contribution is 6.76. The molecule has 0 aliphatic heterocycles. The molecule has 0 radical (unpaired) electrons. The Morgan fingerprint density at radius 2 is 1.81 bits per heavy atom. The second-order valence-electron chi connectivity index (χ2n) is 5.62. The molecule has 88 valence electrons. The highest BCUT2D eigenvalue weighted by atomic mass is 28.3. The fraction of sp³-hybridized carbons (Fsp3) is 0.429. The van der Waals surface area contributed by atoms with Gasteiger partial charge in [-0.05, 0) is 18.0 Å². The topological polar surface area (TPSA) is 20.2 Å². The van der Waals surface area contributed by atoms with Crippen LogP contribution in [0.4, 0.5) is 0 Å². The molecule has 16 heavy (non-hydrogen) atoms. The van der Waals surface area contributed by atoms with Crippen molar-refractivity contribution in [3.8, 4) is 0 Å². The molecule has 1 nitrogen and oxygen atoms in total. The summed E-state index contributed by atoms with van der Waals surface area (Å²) >= 11 is 0. The summed E-state index contributed by atoms with van der Waals surface area (Å²) < 4.78 is 0. The van der Waals surface area contributed by atoms with Crippen LogP contribution in [-0.4, -0.2) is 13.2 Å². The molecule has 1 aromatic carbocycles. The first-order valence-electron chi connectivity index (χ1n) is 5.78. The van der Waals surface area contributed by atoms with Crippen molar-refractivity contribution in [1.29, 1.82) is 0 Å². The third kappa shape index (κ3) is 4.77. The van der Waals surface area contributed by atoms with Crippen molar-refractivity contribution in [2.24, 2.45) is 0 Å². The summed E-state index contributed by atoms with van der Waals surface area (Å²) in [7, 11) is -1.10. The van der Waals surface area contributed by atoms with Gasteiger partial charge in [-0.1, -0.05) is 55.5 Å². The Morgan fingerprint density at radius 1 is 1.25 bits per heavy atom. The molecule has 0 heterocycles. The maximum atomic E-state index is 10.0. The Balaban J connectivity index is 2.52. The molecule has 0 spiro atoms. The summed E-state index contributed by atoms with van der Waals surface area (Å²) in [4.78, 5) is 0. The van der Waals surface area contributed by atoms with E-state index in [-0.39, 0.29) is 0 Å². The Bertz CT molecular complexity index is 338. The first kappa shape index (κ1) is 13.2. The lowest BCUT2D eigenvalue weighted by atomic mass is 10.0. The molecule has 0 amide bonds. The Kier molecular flexibility index (Phi) is 4.51. The van der Waals surface area contributed by atoms with Crippen molar-refractivity contribution >= 4 is 8.07 Å². The average molecular weight is 234 g/mol. The van der Waals surface area contributed by atoms with Gasteiger partial charge in [0.25, 0.3) is 0 Å². The molecule has 0 aliphatic rings. The number of hydrogen-bond donors (Lipinski definition) is 1. The van der Waals surface area contributed by atoms with Crippen LogP contribution >= 0.6 is 0 Å². The minimum Gasteiger partial charge on any atom is -0.388 e. The quantitative estimate of drug-likeness (QED) is 0.603. The van der Waals surface area contributed by atoms with Crippen LogP contribution in [0.1, 0.15) is 18.1 Å². The maximum absolute atomic E-state index is 10.0. The molecule has 2 heteroatoms. The summed E-state index contributed by atoms with van der Waals surface area (Å²) in [5.41, 5.74) is 2.16. The molecule has 1 atom stereocenters. The van der Waals surface area contributed by atoms with Crippen LogP contribution in [-0.2, 0) is 0 Å². The third-order valence-electron chi connectivity index (χ3n) is 2.45. The summed E-state index contributed by atoms with van der Waals surface area (Å²) in [6, 6.07) is 10.9. The monoisotopic (exact) mass is 234 g/mol. The summed E-state index contributed by atoms with van der Waals surface area (Å²) in [5, 5.41) is 10.0. The first-order valence-corrected chi connectivity index (χ1v) is 9.49. The fourth-order valence-electron chi connectivity index (χ4n) is 1.89. The van der Waals surface area contributed by atoms with Crippen molar-refractivity contribution in [3.05, 3.63) is 48.0 Å². The fourth-order valence-corrected chi connectivity index (χ4v) is 3.53. The van der Waals surface area contributed by atoms with Crippen LogP contribution in [0.5, 0.6) is 0 Å². The highest BCUT2D eigenvalue weighted by Gasteiger charge is 2.16. The molecule has 0 bridgehead atoms. The van der Waals surface area contributed by atoms with Crippen molar-refractivity contribution in [1.82, 2.24) is 0 Å². The Morgan fingerprint density at radius 3 is 2.31 bits per heavy atom. The highest BCUT2D eigenvalue weighted by Crippen LogP contribution is 2.25. The van der Waals surface area contributed by atoms with Gasteiger partial charge in [0.15, 0.2) is 0 Å². The van der Waals surface area contributed by atoms with Gasteiger partial charge in [-0.3, -0.25) is 0 Å². The smallest absolute Gasteiger partial charge is 0.0826 e. The molecule has 1 rings (SSSR count). The van der Waals surface area contributed by atoms with Gasteiger partial charge >= 0.3 is 0 Å². The van der Waals surface area contributed by atoms with Gasteiger partial charge in [0.2, 0.25) is 0 Å². The average Bonchev–Trinajstić information content (AvgIpc) is 2.16. The summed E-state index contributed by atoms with van der Waals surface area (Å²) in [5.74, 6) is 0. The molecular weight excluding hydrogens is 212 g/mol. The third-order valence-corrected chi connectivity index (χ3v) is 4.01. The molecule has 1 N–H and O–H groups in total. The predicted octanol–water partition coefficient (Wildman–Crippen LogP) is 4.00. The van der Waals surface area contributed by atoms with Crippen molar-refractivity contribution in [2.75, 3.05) is 0 Å². The lowest BCUT2D eigenvalue weighted by Crippen LogP contribution is -2.20. The van der Waals surface area contributed by atoms with Gasteiger partial charge in [-0.15, -0.1) is 6.58 Å². The summed E-state index contributed by atoms with van der Waals surface area (Å²) in [6.07, 6.45) is 0.291. The zero-order valence-corrected chi connectivity index (χ0v) is 11.5. The SMILES string of the molecule is C=C(CC(O)c1ccccc1)C[Si](C)(C)C. The molecule has 0 saturated heterocycles. The molecular formula is C14H22OSi. The molecule has 0 fully saturated rings. The lowest BCUT2D eigenvalue weighted by molar-refractivity contribution is 0.178. The Labute approximate surface area is 99.8 Å². The van der Waals surface area contributed by atoms with E-state index in [2.05, 4.69) is 26.2 Å². The van der Waals surface area contributed by atoms with Gasteiger partial charge in [0.05, 0.1) is 6.10 Å². The zero-order valence-electron chi connectivity index (χ0n) is 10.5. The number of benzene rings is 1. The first-order chi connectivity index (χ1) is 7.38. The van der Waals surface area contributed by atoms with E-state index in [1.807, 2.05) is 30.3 Å². The van der Waals surface area contributed by atoms with Gasteiger partial charge in [0.1, 0.15) is 0 Å². The number of aliphatic hydroxyl groups is 1. The van der Waals surface area contributed by atoms with Crippen LogP contribution in [0, 0.1) is 0 Å². The van der Waals surface area contributed by atoms with E-state index in [1.54, 1.807) is 0 Å². The van der Waals surface area contributed by atoms with Crippen molar-refractivity contribution in [2.45, 2.75) is 38.2 Å². The van der Waals surface area contributed by atoms with Crippen LogP contribution in [0.15, 0.2) is 42.5 Å². The molecule has 0 aromatic heterocycles. The summed E-state index contributed by atoms with van der Waals surface area (Å²) in [6.45, 7) is 11.1. The number of aliphatic hydroxyl groups excluding tert-OH is 1. The lowest BCUT2D eigenvalue weighted by Gasteiger charge is -2.19. The molecule has 1 aromatic rings. The van der Waals surface area contributed by atoms with E-state index in [0.717, 1.165) is 11.6 Å². The van der Waals surface area contributed by atoms with Gasteiger partial charge < -0.3 is 5.11 Å².